The summed E-state index contributed by atoms with van der Waals surface area (Å²) >= 11 is 0. The molecule has 0 amide bonds. The van der Waals surface area contributed by atoms with Crippen molar-refractivity contribution in [2.75, 3.05) is 13.4 Å². The first-order valence-electron chi connectivity index (χ1n) is 6.48. The van der Waals surface area contributed by atoms with Gasteiger partial charge in [-0.2, -0.15) is 0 Å². The largest absolute Gasteiger partial charge is 0.467 e. The molecule has 1 N–H and O–H groups in total. The Morgan fingerprint density at radius 2 is 1.94 bits per heavy atom. The molecule has 1 aromatic carbocycles. The van der Waals surface area contributed by atoms with Gasteiger partial charge in [0.1, 0.15) is 5.75 Å². The number of hydrogen-bond donors (Lipinski definition) is 1. The maximum atomic E-state index is 5.71. The van der Waals surface area contributed by atoms with Gasteiger partial charge in [-0.3, -0.25) is 0 Å². The lowest BCUT2D eigenvalue weighted by Crippen LogP contribution is -2.35. The molecule has 0 heterocycles. The normalized spacial score (nSPS) is 11.6. The number of aryl methyl sites for hydroxylation is 1. The Bertz CT molecular complexity index is 369. The summed E-state index contributed by atoms with van der Waals surface area (Å²) < 4.78 is 11.0. The molecular weight excluding hydrogens is 226 g/mol. The van der Waals surface area contributed by atoms with E-state index in [1.165, 1.54) is 5.56 Å². The van der Waals surface area contributed by atoms with E-state index >= 15 is 0 Å². The van der Waals surface area contributed by atoms with Gasteiger partial charge in [-0.05, 0) is 40.2 Å². The highest BCUT2D eigenvalue weighted by Crippen LogP contribution is 2.23. The lowest BCUT2D eigenvalue weighted by atomic mass is 10.1. The van der Waals surface area contributed by atoms with Gasteiger partial charge >= 0.3 is 0 Å². The number of nitrogens with one attached hydrogen (secondary N) is 1. The minimum Gasteiger partial charge on any atom is -0.467 e. The molecule has 0 aliphatic carbocycles. The zero-order chi connectivity index (χ0) is 13.6. The molecule has 18 heavy (non-hydrogen) atoms. The predicted octanol–water partition coefficient (Wildman–Crippen LogP) is 3.26. The Morgan fingerprint density at radius 3 is 2.56 bits per heavy atom. The Kier molecular flexibility index (Phi) is 5.63. The van der Waals surface area contributed by atoms with Crippen molar-refractivity contribution in [3.05, 3.63) is 29.3 Å². The summed E-state index contributed by atoms with van der Waals surface area (Å²) in [5.74, 6) is 0.933. The highest BCUT2D eigenvalue weighted by molar-refractivity contribution is 5.40. The second-order valence-electron chi connectivity index (χ2n) is 5.42. The van der Waals surface area contributed by atoms with E-state index in [4.69, 9.17) is 9.47 Å². The predicted molar refractivity (Wildman–Crippen MR) is 74.9 cm³/mol. The van der Waals surface area contributed by atoms with Crippen LogP contribution >= 0.6 is 0 Å². The Hall–Kier alpha value is -1.06. The quantitative estimate of drug-likeness (QED) is 0.622. The third-order valence-electron chi connectivity index (χ3n) is 2.59. The fraction of sp³-hybridized carbons (Fsp3) is 0.600. The first kappa shape index (κ1) is 15.0. The monoisotopic (exact) mass is 251 g/mol. The minimum absolute atomic E-state index is 0.0981. The maximum absolute atomic E-state index is 5.71. The molecule has 0 aliphatic rings. The molecular formula is C15H25NO2. The number of hydrogen-bond acceptors (Lipinski definition) is 3. The van der Waals surface area contributed by atoms with Crippen LogP contribution in [-0.2, 0) is 11.3 Å². The third-order valence-corrected chi connectivity index (χ3v) is 2.59. The lowest BCUT2D eigenvalue weighted by Gasteiger charge is -2.22. The van der Waals surface area contributed by atoms with Crippen LogP contribution in [0.5, 0.6) is 5.75 Å². The zero-order valence-electron chi connectivity index (χ0n) is 12.2. The van der Waals surface area contributed by atoms with Gasteiger partial charge in [0.15, 0.2) is 6.79 Å². The molecule has 0 fully saturated rings. The SMILES string of the molecule is CCOCOc1c(C)cccc1CNC(C)(C)C. The molecule has 0 bridgehead atoms. The van der Waals surface area contributed by atoms with Crippen LogP contribution in [0.25, 0.3) is 0 Å². The first-order valence-corrected chi connectivity index (χ1v) is 6.48. The molecule has 1 rings (SSSR count). The smallest absolute Gasteiger partial charge is 0.189 e. The molecule has 0 unspecified atom stereocenters. The van der Waals surface area contributed by atoms with E-state index in [0.717, 1.165) is 17.9 Å². The third kappa shape index (κ3) is 5.07. The van der Waals surface area contributed by atoms with Crippen molar-refractivity contribution in [1.29, 1.82) is 0 Å². The van der Waals surface area contributed by atoms with E-state index in [1.807, 2.05) is 6.92 Å². The standard InChI is InChI=1S/C15H25NO2/c1-6-17-11-18-14-12(2)8-7-9-13(14)10-16-15(3,4)5/h7-9,16H,6,10-11H2,1-5H3. The molecule has 3 nitrogen and oxygen atoms in total. The fourth-order valence-electron chi connectivity index (χ4n) is 1.60. The Balaban J connectivity index is 2.73. The Morgan fingerprint density at radius 1 is 1.22 bits per heavy atom. The van der Waals surface area contributed by atoms with E-state index in [-0.39, 0.29) is 5.54 Å². The fourth-order valence-corrected chi connectivity index (χ4v) is 1.60. The molecule has 1 aromatic rings. The molecule has 0 atom stereocenters. The van der Waals surface area contributed by atoms with Crippen LogP contribution in [0.15, 0.2) is 18.2 Å². The summed E-state index contributed by atoms with van der Waals surface area (Å²) in [5, 5.41) is 3.48. The van der Waals surface area contributed by atoms with Crippen LogP contribution in [0, 0.1) is 6.92 Å². The second kappa shape index (κ2) is 6.76. The van der Waals surface area contributed by atoms with Gasteiger partial charge in [-0.15, -0.1) is 0 Å². The molecule has 0 radical (unpaired) electrons. The van der Waals surface area contributed by atoms with Crippen molar-refractivity contribution in [1.82, 2.24) is 5.32 Å². The molecule has 0 spiro atoms. The minimum atomic E-state index is 0.0981. The maximum Gasteiger partial charge on any atom is 0.189 e. The number of benzene rings is 1. The van der Waals surface area contributed by atoms with Crippen LogP contribution < -0.4 is 10.1 Å². The summed E-state index contributed by atoms with van der Waals surface area (Å²) in [6.07, 6.45) is 0. The summed E-state index contributed by atoms with van der Waals surface area (Å²) in [7, 11) is 0. The van der Waals surface area contributed by atoms with E-state index in [2.05, 4.69) is 51.2 Å². The highest BCUT2D eigenvalue weighted by atomic mass is 16.7. The zero-order valence-corrected chi connectivity index (χ0v) is 12.2. The highest BCUT2D eigenvalue weighted by Gasteiger charge is 2.12. The molecule has 0 aliphatic heterocycles. The second-order valence-corrected chi connectivity index (χ2v) is 5.42. The average molecular weight is 251 g/mol. The van der Waals surface area contributed by atoms with Gasteiger partial charge in [0.2, 0.25) is 0 Å². The van der Waals surface area contributed by atoms with Crippen LogP contribution in [0.4, 0.5) is 0 Å². The van der Waals surface area contributed by atoms with Crippen LogP contribution in [0.1, 0.15) is 38.8 Å². The van der Waals surface area contributed by atoms with Crippen molar-refractivity contribution in [3.63, 3.8) is 0 Å². The van der Waals surface area contributed by atoms with Crippen LogP contribution in [0.2, 0.25) is 0 Å². The number of ether oxygens (including phenoxy) is 2. The van der Waals surface area contributed by atoms with Crippen molar-refractivity contribution < 1.29 is 9.47 Å². The van der Waals surface area contributed by atoms with Gasteiger partial charge in [0.25, 0.3) is 0 Å². The molecule has 0 saturated heterocycles. The summed E-state index contributed by atoms with van der Waals surface area (Å²) in [4.78, 5) is 0. The van der Waals surface area contributed by atoms with Gasteiger partial charge in [0, 0.05) is 24.3 Å². The van der Waals surface area contributed by atoms with Gasteiger partial charge in [-0.25, -0.2) is 0 Å². The van der Waals surface area contributed by atoms with E-state index in [0.29, 0.717) is 13.4 Å². The average Bonchev–Trinajstić information content (AvgIpc) is 2.28. The summed E-state index contributed by atoms with van der Waals surface area (Å²) in [6, 6.07) is 6.21. The van der Waals surface area contributed by atoms with Crippen molar-refractivity contribution in [2.24, 2.45) is 0 Å². The van der Waals surface area contributed by atoms with Crippen molar-refractivity contribution >= 4 is 0 Å². The number of rotatable bonds is 6. The van der Waals surface area contributed by atoms with Crippen LogP contribution in [0.3, 0.4) is 0 Å². The van der Waals surface area contributed by atoms with Gasteiger partial charge in [-0.1, -0.05) is 18.2 Å². The van der Waals surface area contributed by atoms with E-state index in [9.17, 15) is 0 Å². The summed E-state index contributed by atoms with van der Waals surface area (Å²) in [6.45, 7) is 12.3. The summed E-state index contributed by atoms with van der Waals surface area (Å²) in [5.41, 5.74) is 2.41. The molecule has 3 heteroatoms. The first-order chi connectivity index (χ1) is 8.44. The Labute approximate surface area is 110 Å². The van der Waals surface area contributed by atoms with E-state index in [1.54, 1.807) is 0 Å². The van der Waals surface area contributed by atoms with Gasteiger partial charge < -0.3 is 14.8 Å². The van der Waals surface area contributed by atoms with Gasteiger partial charge in [0.05, 0.1) is 0 Å². The van der Waals surface area contributed by atoms with E-state index < -0.39 is 0 Å². The molecule has 0 saturated carbocycles. The van der Waals surface area contributed by atoms with Crippen molar-refractivity contribution in [3.8, 4) is 5.75 Å². The molecule has 0 aromatic heterocycles. The lowest BCUT2D eigenvalue weighted by molar-refractivity contribution is 0.0213. The molecule has 102 valence electrons. The number of para-hydroxylation sites is 1. The van der Waals surface area contributed by atoms with Crippen LogP contribution in [-0.4, -0.2) is 18.9 Å². The topological polar surface area (TPSA) is 30.5 Å². The van der Waals surface area contributed by atoms with Crippen molar-refractivity contribution in [2.45, 2.75) is 46.7 Å².